The van der Waals surface area contributed by atoms with Crippen molar-refractivity contribution in [3.63, 3.8) is 0 Å². The van der Waals surface area contributed by atoms with E-state index >= 15 is 0 Å². The van der Waals surface area contributed by atoms with E-state index in [0.717, 1.165) is 42.3 Å². The summed E-state index contributed by atoms with van der Waals surface area (Å²) in [5.74, 6) is 1.78. The molecule has 0 spiro atoms. The molecule has 0 amide bonds. The molecule has 2 rings (SSSR count). The molecule has 1 saturated heterocycles. The zero-order chi connectivity index (χ0) is 15.2. The molecule has 1 heterocycles. The minimum Gasteiger partial charge on any atom is -0.496 e. The van der Waals surface area contributed by atoms with Crippen molar-refractivity contribution >= 4 is 29.9 Å². The molecule has 0 unspecified atom stereocenters. The van der Waals surface area contributed by atoms with Gasteiger partial charge in [0.2, 0.25) is 0 Å². The van der Waals surface area contributed by atoms with E-state index in [1.807, 2.05) is 19.1 Å². The van der Waals surface area contributed by atoms with Crippen molar-refractivity contribution in [3.8, 4) is 5.75 Å². The van der Waals surface area contributed by atoms with Crippen LogP contribution in [-0.4, -0.2) is 48.8 Å². The van der Waals surface area contributed by atoms with Gasteiger partial charge in [-0.1, -0.05) is 12.1 Å². The minimum absolute atomic E-state index is 0. The lowest BCUT2D eigenvalue weighted by Crippen LogP contribution is -2.40. The van der Waals surface area contributed by atoms with Crippen LogP contribution in [0.1, 0.15) is 24.5 Å². The zero-order valence-corrected chi connectivity index (χ0v) is 15.8. The normalized spacial score (nSPS) is 18.1. The van der Waals surface area contributed by atoms with E-state index < -0.39 is 0 Å². The number of ether oxygens (including phenoxy) is 1. The van der Waals surface area contributed by atoms with E-state index in [-0.39, 0.29) is 30.1 Å². The topological polar surface area (TPSA) is 57.1 Å². The number of benzene rings is 1. The van der Waals surface area contributed by atoms with E-state index in [1.165, 1.54) is 0 Å². The predicted octanol–water partition coefficient (Wildman–Crippen LogP) is 2.15. The Bertz CT molecular complexity index is 508. The Morgan fingerprint density at radius 1 is 1.50 bits per heavy atom. The van der Waals surface area contributed by atoms with Gasteiger partial charge in [-0.3, -0.25) is 0 Å². The van der Waals surface area contributed by atoms with Gasteiger partial charge in [-0.15, -0.1) is 24.0 Å². The van der Waals surface area contributed by atoms with Crippen molar-refractivity contribution in [3.05, 3.63) is 29.3 Å². The van der Waals surface area contributed by atoms with Gasteiger partial charge in [0.1, 0.15) is 5.75 Å². The number of guanidine groups is 1. The van der Waals surface area contributed by atoms with Crippen molar-refractivity contribution in [1.82, 2.24) is 10.2 Å². The fourth-order valence-corrected chi connectivity index (χ4v) is 2.57. The van der Waals surface area contributed by atoms with Crippen LogP contribution in [-0.2, 0) is 6.54 Å². The lowest BCUT2D eigenvalue weighted by atomic mass is 10.1. The van der Waals surface area contributed by atoms with Gasteiger partial charge in [0.05, 0.1) is 19.8 Å². The van der Waals surface area contributed by atoms with Crippen molar-refractivity contribution < 1.29 is 9.84 Å². The number of methoxy groups -OCH3 is 1. The van der Waals surface area contributed by atoms with E-state index in [0.29, 0.717) is 13.1 Å². The molecule has 0 aromatic heterocycles. The molecule has 1 fully saturated rings. The second-order valence-electron chi connectivity index (χ2n) is 5.36. The Labute approximate surface area is 149 Å². The molecule has 0 aliphatic carbocycles. The molecule has 5 nitrogen and oxygen atoms in total. The van der Waals surface area contributed by atoms with Crippen molar-refractivity contribution in [2.45, 2.75) is 32.9 Å². The number of rotatable bonds is 4. The number of hydrogen-bond acceptors (Lipinski definition) is 3. The number of nitrogens with one attached hydrogen (secondary N) is 1. The molecule has 1 aromatic rings. The Morgan fingerprint density at radius 2 is 2.27 bits per heavy atom. The van der Waals surface area contributed by atoms with Crippen molar-refractivity contribution in [1.29, 1.82) is 0 Å². The summed E-state index contributed by atoms with van der Waals surface area (Å²) in [7, 11) is 1.68. The van der Waals surface area contributed by atoms with Crippen molar-refractivity contribution in [2.24, 2.45) is 4.99 Å². The highest BCUT2D eigenvalue weighted by Crippen LogP contribution is 2.19. The fourth-order valence-electron chi connectivity index (χ4n) is 2.57. The zero-order valence-electron chi connectivity index (χ0n) is 13.5. The molecule has 124 valence electrons. The molecule has 1 aromatic carbocycles. The molecular formula is C16H26IN3O2. The first-order chi connectivity index (χ1) is 10.1. The van der Waals surface area contributed by atoms with Crippen LogP contribution in [0, 0.1) is 6.92 Å². The number of β-amino-alcohol motifs (C(OH)–C–C–N with tert-alkyl or cyclic N) is 1. The van der Waals surface area contributed by atoms with E-state index in [4.69, 9.17) is 4.74 Å². The minimum atomic E-state index is -0.239. The van der Waals surface area contributed by atoms with Crippen molar-refractivity contribution in [2.75, 3.05) is 26.7 Å². The summed E-state index contributed by atoms with van der Waals surface area (Å²) in [5.41, 5.74) is 2.27. The second-order valence-corrected chi connectivity index (χ2v) is 5.36. The van der Waals surface area contributed by atoms with E-state index in [1.54, 1.807) is 7.11 Å². The highest BCUT2D eigenvalue weighted by Gasteiger charge is 2.22. The molecule has 0 saturated carbocycles. The lowest BCUT2D eigenvalue weighted by molar-refractivity contribution is 0.188. The first-order valence-electron chi connectivity index (χ1n) is 7.49. The SMILES string of the molecule is CCNC(=NCc1ccc(OC)c(C)c1)N1CC[C@@H](O)C1.I. The third-order valence-electron chi connectivity index (χ3n) is 3.67. The summed E-state index contributed by atoms with van der Waals surface area (Å²) in [5, 5.41) is 13.0. The highest BCUT2D eigenvalue weighted by molar-refractivity contribution is 14.0. The van der Waals surface area contributed by atoms with E-state index in [9.17, 15) is 5.11 Å². The number of aliphatic hydroxyl groups excluding tert-OH is 1. The third-order valence-corrected chi connectivity index (χ3v) is 3.67. The van der Waals surface area contributed by atoms with E-state index in [2.05, 4.69) is 28.2 Å². The fraction of sp³-hybridized carbons (Fsp3) is 0.562. The average molecular weight is 419 g/mol. The highest BCUT2D eigenvalue weighted by atomic mass is 127. The summed E-state index contributed by atoms with van der Waals surface area (Å²) in [6.45, 7) is 7.06. The third kappa shape index (κ3) is 5.01. The van der Waals surface area contributed by atoms with Crippen LogP contribution in [0.2, 0.25) is 0 Å². The van der Waals surface area contributed by atoms with Gasteiger partial charge in [0.25, 0.3) is 0 Å². The number of nitrogens with zero attached hydrogens (tertiary/aromatic N) is 2. The Hall–Kier alpha value is -1.02. The molecule has 1 aliphatic rings. The van der Waals surface area contributed by atoms with Crippen LogP contribution < -0.4 is 10.1 Å². The Morgan fingerprint density at radius 3 is 2.82 bits per heavy atom. The van der Waals surface area contributed by atoms with Gasteiger partial charge in [0, 0.05) is 19.6 Å². The molecule has 1 aliphatic heterocycles. The monoisotopic (exact) mass is 419 g/mol. The number of hydrogen-bond donors (Lipinski definition) is 2. The molecule has 22 heavy (non-hydrogen) atoms. The molecular weight excluding hydrogens is 393 g/mol. The largest absolute Gasteiger partial charge is 0.496 e. The maximum Gasteiger partial charge on any atom is 0.194 e. The quantitative estimate of drug-likeness (QED) is 0.446. The predicted molar refractivity (Wildman–Crippen MR) is 100 cm³/mol. The number of likely N-dealkylation sites (tertiary alicyclic amines) is 1. The van der Waals surface area contributed by atoms with Gasteiger partial charge in [-0.2, -0.15) is 0 Å². The van der Waals surface area contributed by atoms with Gasteiger partial charge >= 0.3 is 0 Å². The number of aliphatic hydroxyl groups is 1. The number of aliphatic imine (C=N–C) groups is 1. The summed E-state index contributed by atoms with van der Waals surface area (Å²) < 4.78 is 5.27. The molecule has 0 radical (unpaired) electrons. The van der Waals surface area contributed by atoms with Crippen LogP contribution in [0.25, 0.3) is 0 Å². The molecule has 6 heteroatoms. The summed E-state index contributed by atoms with van der Waals surface area (Å²) in [6.07, 6.45) is 0.573. The Kier molecular flexibility index (Phi) is 7.95. The number of aryl methyl sites for hydroxylation is 1. The standard InChI is InChI=1S/C16H25N3O2.HI/c1-4-17-16(19-8-7-14(20)11-19)18-10-13-5-6-15(21-3)12(2)9-13;/h5-6,9,14,20H,4,7-8,10-11H2,1-3H3,(H,17,18);1H/t14-;/m1./s1. The first kappa shape index (κ1) is 19.0. The van der Waals surface area contributed by atoms with Crippen LogP contribution in [0.5, 0.6) is 5.75 Å². The van der Waals surface area contributed by atoms with Crippen LogP contribution in [0.15, 0.2) is 23.2 Å². The number of halogens is 1. The van der Waals surface area contributed by atoms with Gasteiger partial charge in [-0.25, -0.2) is 4.99 Å². The van der Waals surface area contributed by atoms with Crippen LogP contribution in [0.4, 0.5) is 0 Å². The molecule has 0 bridgehead atoms. The smallest absolute Gasteiger partial charge is 0.194 e. The van der Waals surface area contributed by atoms with Crippen LogP contribution >= 0.6 is 24.0 Å². The maximum atomic E-state index is 9.66. The summed E-state index contributed by atoms with van der Waals surface area (Å²) >= 11 is 0. The molecule has 1 atom stereocenters. The van der Waals surface area contributed by atoms with Gasteiger partial charge in [0.15, 0.2) is 5.96 Å². The van der Waals surface area contributed by atoms with Crippen LogP contribution in [0.3, 0.4) is 0 Å². The van der Waals surface area contributed by atoms with Gasteiger partial charge < -0.3 is 20.1 Å². The Balaban J connectivity index is 0.00000242. The molecule has 2 N–H and O–H groups in total. The van der Waals surface area contributed by atoms with Gasteiger partial charge in [-0.05, 0) is 37.5 Å². The summed E-state index contributed by atoms with van der Waals surface area (Å²) in [6, 6.07) is 6.12. The first-order valence-corrected chi connectivity index (χ1v) is 7.49. The average Bonchev–Trinajstić information content (AvgIpc) is 2.90. The maximum absolute atomic E-state index is 9.66. The lowest BCUT2D eigenvalue weighted by Gasteiger charge is -2.21. The second kappa shape index (κ2) is 9.19. The summed E-state index contributed by atoms with van der Waals surface area (Å²) in [4.78, 5) is 6.79.